The molecule has 0 aromatic carbocycles. The van der Waals surface area contributed by atoms with Gasteiger partial charge in [-0.1, -0.05) is 26.8 Å². The van der Waals surface area contributed by atoms with E-state index in [1.807, 2.05) is 48.8 Å². The quantitative estimate of drug-likeness (QED) is 0.806. The molecule has 0 N–H and O–H groups in total. The summed E-state index contributed by atoms with van der Waals surface area (Å²) in [6.07, 6.45) is 6.83. The van der Waals surface area contributed by atoms with Crippen LogP contribution in [0.1, 0.15) is 59.1 Å². The molecule has 1 fully saturated rings. The third-order valence-electron chi connectivity index (χ3n) is 5.35. The Bertz CT molecular complexity index is 780. The maximum atomic E-state index is 12.5. The summed E-state index contributed by atoms with van der Waals surface area (Å²) in [5.41, 5.74) is 3.11. The van der Waals surface area contributed by atoms with E-state index in [9.17, 15) is 4.79 Å². The van der Waals surface area contributed by atoms with Gasteiger partial charge in [-0.3, -0.25) is 14.5 Å². The Morgan fingerprint density at radius 2 is 1.89 bits per heavy atom. The molecular weight excluding hydrogens is 336 g/mol. The molecule has 146 valence electrons. The highest BCUT2D eigenvalue weighted by Crippen LogP contribution is 2.29. The molecule has 1 aliphatic rings. The molecule has 0 aliphatic carbocycles. The van der Waals surface area contributed by atoms with Gasteiger partial charge in [0.25, 0.3) is 0 Å². The number of nitrogens with zero attached hydrogens (tertiary/aromatic N) is 4. The Labute approximate surface area is 162 Å². The molecule has 5 heteroatoms. The van der Waals surface area contributed by atoms with Crippen molar-refractivity contribution in [2.24, 2.45) is 11.3 Å². The van der Waals surface area contributed by atoms with Gasteiger partial charge in [0.05, 0.1) is 11.4 Å². The highest BCUT2D eigenvalue weighted by Gasteiger charge is 2.30. The fourth-order valence-corrected chi connectivity index (χ4v) is 3.87. The number of pyridine rings is 1. The van der Waals surface area contributed by atoms with Crippen LogP contribution in [0.3, 0.4) is 0 Å². The summed E-state index contributed by atoms with van der Waals surface area (Å²) in [7, 11) is 0. The van der Waals surface area contributed by atoms with Gasteiger partial charge in [-0.15, -0.1) is 0 Å². The van der Waals surface area contributed by atoms with Crippen LogP contribution in [0.4, 0.5) is 0 Å². The molecule has 2 aromatic rings. The maximum Gasteiger partial charge on any atom is 0.227 e. The first-order valence-corrected chi connectivity index (χ1v) is 10.0. The van der Waals surface area contributed by atoms with Crippen LogP contribution in [0.15, 0.2) is 30.6 Å². The minimum atomic E-state index is -0.293. The lowest BCUT2D eigenvalue weighted by molar-refractivity contribution is -0.140. The Morgan fingerprint density at radius 3 is 2.52 bits per heavy atom. The molecule has 1 saturated heterocycles. The van der Waals surface area contributed by atoms with Crippen molar-refractivity contribution in [3.8, 4) is 11.4 Å². The van der Waals surface area contributed by atoms with Crippen molar-refractivity contribution in [3.63, 3.8) is 0 Å². The van der Waals surface area contributed by atoms with Crippen molar-refractivity contribution in [2.75, 3.05) is 13.1 Å². The van der Waals surface area contributed by atoms with Gasteiger partial charge in [0, 0.05) is 36.9 Å². The number of carbonyl (C=O) groups is 1. The molecule has 1 aliphatic heterocycles. The summed E-state index contributed by atoms with van der Waals surface area (Å²) < 4.78 is 2.04. The number of hydrogen-bond acceptors (Lipinski definition) is 3. The molecule has 0 saturated carbocycles. The Balaban J connectivity index is 1.71. The van der Waals surface area contributed by atoms with Crippen LogP contribution in [-0.2, 0) is 11.2 Å². The zero-order valence-corrected chi connectivity index (χ0v) is 17.3. The summed E-state index contributed by atoms with van der Waals surface area (Å²) in [6, 6.07) is 6.56. The van der Waals surface area contributed by atoms with Gasteiger partial charge in [-0.25, -0.2) is 0 Å². The van der Waals surface area contributed by atoms with Crippen LogP contribution in [0.25, 0.3) is 11.4 Å². The molecule has 0 spiro atoms. The van der Waals surface area contributed by atoms with Crippen molar-refractivity contribution in [3.05, 3.63) is 36.2 Å². The number of amides is 1. The Hall–Kier alpha value is -2.17. The van der Waals surface area contributed by atoms with Crippen molar-refractivity contribution >= 4 is 5.91 Å². The van der Waals surface area contributed by atoms with Crippen LogP contribution in [0, 0.1) is 11.3 Å². The van der Waals surface area contributed by atoms with E-state index in [0.29, 0.717) is 12.0 Å². The van der Waals surface area contributed by atoms with Crippen LogP contribution in [-0.4, -0.2) is 38.7 Å². The first-order chi connectivity index (χ1) is 12.8. The van der Waals surface area contributed by atoms with Gasteiger partial charge < -0.3 is 4.90 Å². The van der Waals surface area contributed by atoms with Crippen molar-refractivity contribution in [1.82, 2.24) is 19.7 Å². The Kier molecular flexibility index (Phi) is 5.68. The van der Waals surface area contributed by atoms with Gasteiger partial charge in [-0.2, -0.15) is 5.10 Å². The summed E-state index contributed by atoms with van der Waals surface area (Å²) in [5.74, 6) is 0.858. The van der Waals surface area contributed by atoms with E-state index in [1.54, 1.807) is 0 Å². The van der Waals surface area contributed by atoms with E-state index in [2.05, 4.69) is 36.1 Å². The fraction of sp³-hybridized carbons (Fsp3) is 0.591. The lowest BCUT2D eigenvalue weighted by Crippen LogP contribution is -2.44. The average molecular weight is 369 g/mol. The standard InChI is InChI=1S/C22H32N4O/c1-16(2)26-19(8-12-24-26)20-18(7-6-11-23-20)15-17-9-13-25(14-10-17)21(27)22(3,4)5/h6-8,11-12,16-17H,9-10,13-15H2,1-5H3. The zero-order valence-electron chi connectivity index (χ0n) is 17.3. The lowest BCUT2D eigenvalue weighted by atomic mass is 9.87. The minimum absolute atomic E-state index is 0.267. The van der Waals surface area contributed by atoms with E-state index in [-0.39, 0.29) is 11.3 Å². The van der Waals surface area contributed by atoms with Gasteiger partial charge in [0.2, 0.25) is 5.91 Å². The predicted octanol–water partition coefficient (Wildman–Crippen LogP) is 4.35. The summed E-state index contributed by atoms with van der Waals surface area (Å²) in [4.78, 5) is 19.2. The summed E-state index contributed by atoms with van der Waals surface area (Å²) >= 11 is 0. The summed E-state index contributed by atoms with van der Waals surface area (Å²) in [6.45, 7) is 12.0. The first-order valence-electron chi connectivity index (χ1n) is 10.0. The number of aromatic nitrogens is 3. The number of likely N-dealkylation sites (tertiary alicyclic amines) is 1. The SMILES string of the molecule is CC(C)n1nccc1-c1ncccc1CC1CCN(C(=O)C(C)(C)C)CC1. The second-order valence-electron chi connectivity index (χ2n) is 8.96. The monoisotopic (exact) mass is 368 g/mol. The van der Waals surface area contributed by atoms with Crippen LogP contribution in [0.5, 0.6) is 0 Å². The van der Waals surface area contributed by atoms with Crippen molar-refractivity contribution < 1.29 is 4.79 Å². The molecule has 0 radical (unpaired) electrons. The van der Waals surface area contributed by atoms with Crippen LogP contribution < -0.4 is 0 Å². The third-order valence-corrected chi connectivity index (χ3v) is 5.35. The molecule has 0 bridgehead atoms. The molecule has 3 heterocycles. The number of carbonyl (C=O) groups excluding carboxylic acids is 1. The average Bonchev–Trinajstić information content (AvgIpc) is 3.11. The summed E-state index contributed by atoms with van der Waals surface area (Å²) in [5, 5.41) is 4.46. The molecule has 3 rings (SSSR count). The smallest absolute Gasteiger partial charge is 0.227 e. The van der Waals surface area contributed by atoms with E-state index < -0.39 is 0 Å². The van der Waals surface area contributed by atoms with Gasteiger partial charge in [-0.05, 0) is 56.7 Å². The van der Waals surface area contributed by atoms with E-state index in [4.69, 9.17) is 0 Å². The molecule has 1 amide bonds. The number of piperidine rings is 1. The van der Waals surface area contributed by atoms with E-state index in [1.165, 1.54) is 5.56 Å². The van der Waals surface area contributed by atoms with Crippen molar-refractivity contribution in [2.45, 2.75) is 59.9 Å². The minimum Gasteiger partial charge on any atom is -0.342 e. The van der Waals surface area contributed by atoms with Crippen LogP contribution >= 0.6 is 0 Å². The topological polar surface area (TPSA) is 51.0 Å². The second-order valence-corrected chi connectivity index (χ2v) is 8.96. The fourth-order valence-electron chi connectivity index (χ4n) is 3.87. The molecule has 2 aromatic heterocycles. The predicted molar refractivity (Wildman–Crippen MR) is 108 cm³/mol. The highest BCUT2D eigenvalue weighted by molar-refractivity contribution is 5.81. The van der Waals surface area contributed by atoms with E-state index in [0.717, 1.165) is 43.7 Å². The molecular formula is C22H32N4O. The largest absolute Gasteiger partial charge is 0.342 e. The normalized spacial score (nSPS) is 16.1. The molecule has 0 atom stereocenters. The zero-order chi connectivity index (χ0) is 19.6. The highest BCUT2D eigenvalue weighted by atomic mass is 16.2. The third kappa shape index (κ3) is 4.40. The molecule has 5 nitrogen and oxygen atoms in total. The van der Waals surface area contributed by atoms with E-state index >= 15 is 0 Å². The lowest BCUT2D eigenvalue weighted by Gasteiger charge is -2.36. The number of hydrogen-bond donors (Lipinski definition) is 0. The molecule has 0 unspecified atom stereocenters. The van der Waals surface area contributed by atoms with Gasteiger partial charge >= 0.3 is 0 Å². The van der Waals surface area contributed by atoms with Crippen LogP contribution in [0.2, 0.25) is 0 Å². The maximum absolute atomic E-state index is 12.5. The number of rotatable bonds is 4. The second kappa shape index (κ2) is 7.83. The first kappa shape index (κ1) is 19.6. The molecule has 27 heavy (non-hydrogen) atoms. The van der Waals surface area contributed by atoms with Crippen molar-refractivity contribution in [1.29, 1.82) is 0 Å². The van der Waals surface area contributed by atoms with Gasteiger partial charge in [0.1, 0.15) is 0 Å². The Morgan fingerprint density at radius 1 is 1.19 bits per heavy atom. The van der Waals surface area contributed by atoms with Gasteiger partial charge in [0.15, 0.2) is 0 Å².